The average Bonchev–Trinajstić information content (AvgIpc) is 2.95. The largest absolute Gasteiger partial charge is 0.348 e. The Labute approximate surface area is 152 Å². The summed E-state index contributed by atoms with van der Waals surface area (Å²) in [4.78, 5) is 24.4. The third-order valence-corrected chi connectivity index (χ3v) is 5.01. The van der Waals surface area contributed by atoms with E-state index in [0.717, 1.165) is 24.8 Å². The van der Waals surface area contributed by atoms with Gasteiger partial charge in [-0.15, -0.1) is 5.10 Å². The van der Waals surface area contributed by atoms with Gasteiger partial charge in [0.05, 0.1) is 11.3 Å². The van der Waals surface area contributed by atoms with Crippen LogP contribution in [0.3, 0.4) is 0 Å². The van der Waals surface area contributed by atoms with Crippen LogP contribution in [0.5, 0.6) is 0 Å². The summed E-state index contributed by atoms with van der Waals surface area (Å²) in [6.07, 6.45) is 2.70. The Morgan fingerprint density at radius 3 is 2.64 bits per heavy atom. The Kier molecular flexibility index (Phi) is 7.31. The summed E-state index contributed by atoms with van der Waals surface area (Å²) in [6, 6.07) is 10.00. The van der Waals surface area contributed by atoms with Crippen molar-refractivity contribution >= 4 is 17.7 Å². The van der Waals surface area contributed by atoms with Crippen LogP contribution in [0.15, 0.2) is 40.3 Å². The lowest BCUT2D eigenvalue weighted by Crippen LogP contribution is -2.34. The molecule has 2 rings (SSSR count). The van der Waals surface area contributed by atoms with Crippen molar-refractivity contribution in [3.8, 4) is 0 Å². The molecule has 2 N–H and O–H groups in total. The highest BCUT2D eigenvalue weighted by Gasteiger charge is 2.22. The molecule has 2 unspecified atom stereocenters. The van der Waals surface area contributed by atoms with Gasteiger partial charge in [0, 0.05) is 6.54 Å². The summed E-state index contributed by atoms with van der Waals surface area (Å²) in [5.41, 5.74) is 0.877. The number of aromatic amines is 1. The van der Waals surface area contributed by atoms with Crippen LogP contribution in [0.2, 0.25) is 0 Å². The lowest BCUT2D eigenvalue weighted by molar-refractivity contribution is -0.121. The second-order valence-electron chi connectivity index (χ2n) is 5.98. The van der Waals surface area contributed by atoms with Gasteiger partial charge in [-0.25, -0.2) is 9.89 Å². The molecule has 7 heteroatoms. The van der Waals surface area contributed by atoms with E-state index in [1.54, 1.807) is 4.57 Å². The van der Waals surface area contributed by atoms with Crippen LogP contribution in [0.25, 0.3) is 0 Å². The van der Waals surface area contributed by atoms with E-state index in [1.807, 2.05) is 44.2 Å². The van der Waals surface area contributed by atoms with Gasteiger partial charge in [-0.2, -0.15) is 0 Å². The maximum Gasteiger partial charge on any atom is 0.343 e. The Bertz CT molecular complexity index is 726. The molecule has 0 spiro atoms. The molecule has 2 atom stereocenters. The van der Waals surface area contributed by atoms with Crippen molar-refractivity contribution in [3.05, 3.63) is 46.4 Å². The van der Waals surface area contributed by atoms with Gasteiger partial charge in [-0.1, -0.05) is 62.4 Å². The van der Waals surface area contributed by atoms with Gasteiger partial charge in [0.25, 0.3) is 0 Å². The number of amides is 1. The first kappa shape index (κ1) is 19.3. The molecule has 1 aromatic heterocycles. The molecule has 0 aliphatic carbocycles. The summed E-state index contributed by atoms with van der Waals surface area (Å²) in [5, 5.41) is 9.84. The number of aromatic nitrogens is 3. The summed E-state index contributed by atoms with van der Waals surface area (Å²) >= 11 is 1.30. The molecule has 0 fully saturated rings. The standard InChI is InChI=1S/C18H26N4O2S/c1-4-9-15(14-10-7-6-8-11-14)19-16(23)13(3)25-18-21-20-17(24)22(18)12-5-2/h6-8,10-11,13,15H,4-5,9,12H2,1-3H3,(H,19,23)(H,20,24). The summed E-state index contributed by atoms with van der Waals surface area (Å²) in [7, 11) is 0. The number of nitrogens with zero attached hydrogens (tertiary/aromatic N) is 2. The van der Waals surface area contributed by atoms with E-state index in [9.17, 15) is 9.59 Å². The van der Waals surface area contributed by atoms with E-state index < -0.39 is 0 Å². The van der Waals surface area contributed by atoms with Crippen molar-refractivity contribution in [1.82, 2.24) is 20.1 Å². The minimum absolute atomic E-state index is 0.00114. The molecule has 0 bridgehead atoms. The van der Waals surface area contributed by atoms with Gasteiger partial charge >= 0.3 is 5.69 Å². The molecule has 6 nitrogen and oxygen atoms in total. The second-order valence-corrected chi connectivity index (χ2v) is 7.29. The van der Waals surface area contributed by atoms with Crippen LogP contribution in [-0.4, -0.2) is 25.9 Å². The van der Waals surface area contributed by atoms with Crippen molar-refractivity contribution in [2.75, 3.05) is 0 Å². The molecule has 136 valence electrons. The zero-order valence-electron chi connectivity index (χ0n) is 15.0. The molecule has 0 aliphatic rings. The van der Waals surface area contributed by atoms with Crippen molar-refractivity contribution in [2.24, 2.45) is 0 Å². The number of H-pyrrole nitrogens is 1. The monoisotopic (exact) mass is 362 g/mol. The van der Waals surface area contributed by atoms with Crippen LogP contribution < -0.4 is 11.0 Å². The predicted octanol–water partition coefficient (Wildman–Crippen LogP) is 3.12. The SMILES string of the molecule is CCCC(NC(=O)C(C)Sc1n[nH]c(=O)n1CCC)c1ccccc1. The van der Waals surface area contributed by atoms with Crippen LogP contribution in [0.4, 0.5) is 0 Å². The minimum Gasteiger partial charge on any atom is -0.348 e. The van der Waals surface area contributed by atoms with Crippen molar-refractivity contribution < 1.29 is 4.79 Å². The zero-order valence-corrected chi connectivity index (χ0v) is 15.8. The number of benzene rings is 1. The van der Waals surface area contributed by atoms with E-state index in [-0.39, 0.29) is 22.9 Å². The number of hydrogen-bond acceptors (Lipinski definition) is 4. The smallest absolute Gasteiger partial charge is 0.343 e. The molecule has 1 aromatic carbocycles. The molecule has 0 saturated heterocycles. The third kappa shape index (κ3) is 5.22. The lowest BCUT2D eigenvalue weighted by Gasteiger charge is -2.21. The molecular weight excluding hydrogens is 336 g/mol. The molecule has 1 amide bonds. The number of rotatable bonds is 9. The predicted molar refractivity (Wildman–Crippen MR) is 101 cm³/mol. The van der Waals surface area contributed by atoms with Gasteiger partial charge in [-0.3, -0.25) is 9.36 Å². The van der Waals surface area contributed by atoms with E-state index in [4.69, 9.17) is 0 Å². The van der Waals surface area contributed by atoms with Crippen molar-refractivity contribution in [3.63, 3.8) is 0 Å². The molecule has 2 aromatic rings. The van der Waals surface area contributed by atoms with Crippen molar-refractivity contribution in [1.29, 1.82) is 0 Å². The Balaban J connectivity index is 2.05. The first-order valence-electron chi connectivity index (χ1n) is 8.74. The number of carbonyl (C=O) groups excluding carboxylic acids is 1. The topological polar surface area (TPSA) is 79.8 Å². The van der Waals surface area contributed by atoms with Gasteiger partial charge in [0.2, 0.25) is 5.91 Å². The molecule has 0 radical (unpaired) electrons. The molecular formula is C18H26N4O2S. The molecule has 0 saturated carbocycles. The maximum atomic E-state index is 12.6. The van der Waals surface area contributed by atoms with Gasteiger partial charge in [0.1, 0.15) is 0 Å². The fraction of sp³-hybridized carbons (Fsp3) is 0.500. The number of hydrogen-bond donors (Lipinski definition) is 2. The Morgan fingerprint density at radius 2 is 2.00 bits per heavy atom. The Morgan fingerprint density at radius 1 is 1.28 bits per heavy atom. The highest BCUT2D eigenvalue weighted by Crippen LogP contribution is 2.23. The van der Waals surface area contributed by atoms with Gasteiger partial charge in [-0.05, 0) is 25.3 Å². The van der Waals surface area contributed by atoms with Gasteiger partial charge < -0.3 is 5.32 Å². The highest BCUT2D eigenvalue weighted by atomic mass is 32.2. The fourth-order valence-corrected chi connectivity index (χ4v) is 3.50. The molecule has 1 heterocycles. The first-order valence-corrected chi connectivity index (χ1v) is 9.61. The maximum absolute atomic E-state index is 12.6. The summed E-state index contributed by atoms with van der Waals surface area (Å²) in [6.45, 7) is 6.53. The van der Waals surface area contributed by atoms with Crippen LogP contribution in [-0.2, 0) is 11.3 Å². The minimum atomic E-state index is -0.339. The zero-order chi connectivity index (χ0) is 18.2. The number of carbonyl (C=O) groups is 1. The molecule has 25 heavy (non-hydrogen) atoms. The normalized spacial score (nSPS) is 13.4. The fourth-order valence-electron chi connectivity index (χ4n) is 2.61. The number of thioether (sulfide) groups is 1. The van der Waals surface area contributed by atoms with Crippen LogP contribution >= 0.6 is 11.8 Å². The van der Waals surface area contributed by atoms with Crippen LogP contribution in [0.1, 0.15) is 51.6 Å². The summed E-state index contributed by atoms with van der Waals surface area (Å²) in [5.74, 6) is -0.0502. The molecule has 0 aliphatic heterocycles. The second kappa shape index (κ2) is 9.46. The summed E-state index contributed by atoms with van der Waals surface area (Å²) < 4.78 is 1.58. The van der Waals surface area contributed by atoms with Crippen molar-refractivity contribution in [2.45, 2.75) is 63.0 Å². The Hall–Kier alpha value is -2.02. The third-order valence-electron chi connectivity index (χ3n) is 3.92. The first-order chi connectivity index (χ1) is 12.1. The highest BCUT2D eigenvalue weighted by molar-refractivity contribution is 8.00. The quantitative estimate of drug-likeness (QED) is 0.672. The van der Waals surface area contributed by atoms with Crippen LogP contribution in [0, 0.1) is 0 Å². The number of nitrogens with one attached hydrogen (secondary N) is 2. The van der Waals surface area contributed by atoms with E-state index in [2.05, 4.69) is 22.4 Å². The van der Waals surface area contributed by atoms with E-state index in [0.29, 0.717) is 11.7 Å². The van der Waals surface area contributed by atoms with E-state index in [1.165, 1.54) is 11.8 Å². The lowest BCUT2D eigenvalue weighted by atomic mass is 10.0. The van der Waals surface area contributed by atoms with E-state index >= 15 is 0 Å². The average molecular weight is 362 g/mol. The van der Waals surface area contributed by atoms with Gasteiger partial charge in [0.15, 0.2) is 5.16 Å².